The topological polar surface area (TPSA) is 115 Å². The zero-order valence-corrected chi connectivity index (χ0v) is 16.7. The van der Waals surface area contributed by atoms with Gasteiger partial charge in [-0.2, -0.15) is 4.98 Å². The average Bonchev–Trinajstić information content (AvgIpc) is 3.35. The third kappa shape index (κ3) is 3.61. The van der Waals surface area contributed by atoms with Crippen molar-refractivity contribution in [2.24, 2.45) is 0 Å². The van der Waals surface area contributed by atoms with Gasteiger partial charge >= 0.3 is 0 Å². The van der Waals surface area contributed by atoms with Crippen LogP contribution in [-0.2, 0) is 21.4 Å². The van der Waals surface area contributed by atoms with Crippen LogP contribution in [0.2, 0.25) is 0 Å². The predicted octanol–water partition coefficient (Wildman–Crippen LogP) is 1.87. The Morgan fingerprint density at radius 1 is 1.32 bits per heavy atom. The van der Waals surface area contributed by atoms with E-state index < -0.39 is 10.0 Å². The maximum atomic E-state index is 12.6. The van der Waals surface area contributed by atoms with Crippen LogP contribution in [0.1, 0.15) is 49.9 Å². The fourth-order valence-corrected chi connectivity index (χ4v) is 4.63. The molecule has 0 saturated heterocycles. The number of rotatable bonds is 6. The van der Waals surface area contributed by atoms with Crippen LogP contribution in [0.4, 0.5) is 5.69 Å². The Labute approximate surface area is 163 Å². The highest BCUT2D eigenvalue weighted by molar-refractivity contribution is 7.89. The van der Waals surface area contributed by atoms with E-state index in [0.717, 1.165) is 12.8 Å². The zero-order chi connectivity index (χ0) is 20.1. The second kappa shape index (κ2) is 6.85. The summed E-state index contributed by atoms with van der Waals surface area (Å²) in [6.07, 6.45) is 2.09. The molecule has 1 aromatic heterocycles. The van der Waals surface area contributed by atoms with Crippen molar-refractivity contribution in [3.8, 4) is 5.75 Å². The molecule has 1 aliphatic carbocycles. The van der Waals surface area contributed by atoms with E-state index in [1.54, 1.807) is 26.8 Å². The summed E-state index contributed by atoms with van der Waals surface area (Å²) in [5.41, 5.74) is 1.01. The molecule has 0 spiro atoms. The summed E-state index contributed by atoms with van der Waals surface area (Å²) < 4.78 is 38.5. The number of amides is 1. The van der Waals surface area contributed by atoms with Gasteiger partial charge in [-0.1, -0.05) is 5.16 Å². The Hall–Kier alpha value is -2.46. The highest BCUT2D eigenvalue weighted by atomic mass is 32.2. The third-order valence-electron chi connectivity index (χ3n) is 4.59. The van der Waals surface area contributed by atoms with Gasteiger partial charge in [0.2, 0.25) is 15.9 Å². The number of carbonyl (C=O) groups is 1. The van der Waals surface area contributed by atoms with Crippen molar-refractivity contribution in [2.45, 2.75) is 57.0 Å². The Bertz CT molecular complexity index is 1030. The largest absolute Gasteiger partial charge is 0.482 e. The number of anilines is 1. The molecule has 1 amide bonds. The molecular weight excluding hydrogens is 384 g/mol. The SMILES string of the molecule is Cc1cc2c(cc1S(=O)(=O)NC(C)C)OCC(=O)N2Cc1noc(C2CC2)n1. The van der Waals surface area contributed by atoms with Crippen molar-refractivity contribution in [3.05, 3.63) is 29.4 Å². The van der Waals surface area contributed by atoms with Crippen LogP contribution < -0.4 is 14.4 Å². The van der Waals surface area contributed by atoms with Crippen LogP contribution in [0, 0.1) is 6.92 Å². The number of hydrogen-bond acceptors (Lipinski definition) is 7. The van der Waals surface area contributed by atoms with Gasteiger partial charge in [0.1, 0.15) is 5.75 Å². The highest BCUT2D eigenvalue weighted by Gasteiger charge is 2.32. The van der Waals surface area contributed by atoms with E-state index in [1.807, 2.05) is 0 Å². The highest BCUT2D eigenvalue weighted by Crippen LogP contribution is 2.40. The van der Waals surface area contributed by atoms with Gasteiger partial charge in [-0.3, -0.25) is 9.69 Å². The molecule has 2 aromatic rings. The van der Waals surface area contributed by atoms with Gasteiger partial charge in [0, 0.05) is 18.0 Å². The van der Waals surface area contributed by atoms with Gasteiger partial charge in [-0.25, -0.2) is 13.1 Å². The Morgan fingerprint density at radius 2 is 2.07 bits per heavy atom. The first-order valence-electron chi connectivity index (χ1n) is 9.17. The number of benzene rings is 1. The standard InChI is InChI=1S/C18H22N4O5S/c1-10(2)21-28(24,25)15-7-14-13(6-11(15)3)22(17(23)9-26-14)8-16-19-18(27-20-16)12-4-5-12/h6-7,10,12,21H,4-5,8-9H2,1-3H3. The Kier molecular flexibility index (Phi) is 4.62. The number of nitrogens with zero attached hydrogens (tertiary/aromatic N) is 3. The number of carbonyl (C=O) groups excluding carboxylic acids is 1. The van der Waals surface area contributed by atoms with E-state index in [9.17, 15) is 13.2 Å². The lowest BCUT2D eigenvalue weighted by atomic mass is 10.1. The van der Waals surface area contributed by atoms with Gasteiger partial charge in [-0.15, -0.1) is 0 Å². The summed E-state index contributed by atoms with van der Waals surface area (Å²) in [5, 5.41) is 3.96. The molecule has 28 heavy (non-hydrogen) atoms. The minimum Gasteiger partial charge on any atom is -0.482 e. The van der Waals surface area contributed by atoms with Crippen molar-refractivity contribution in [3.63, 3.8) is 0 Å². The third-order valence-corrected chi connectivity index (χ3v) is 6.39. The molecule has 150 valence electrons. The van der Waals surface area contributed by atoms with Crippen molar-refractivity contribution >= 4 is 21.6 Å². The summed E-state index contributed by atoms with van der Waals surface area (Å²) in [6, 6.07) is 2.86. The molecule has 1 N–H and O–H groups in total. The molecule has 2 heterocycles. The Morgan fingerprint density at radius 3 is 2.75 bits per heavy atom. The molecule has 10 heteroatoms. The predicted molar refractivity (Wildman–Crippen MR) is 99.6 cm³/mol. The monoisotopic (exact) mass is 406 g/mol. The lowest BCUT2D eigenvalue weighted by Gasteiger charge is -2.29. The first kappa shape index (κ1) is 18.9. The van der Waals surface area contributed by atoms with E-state index in [-0.39, 0.29) is 30.0 Å². The van der Waals surface area contributed by atoms with Crippen LogP contribution in [0.15, 0.2) is 21.6 Å². The summed E-state index contributed by atoms with van der Waals surface area (Å²) in [5.74, 6) is 1.44. The van der Waals surface area contributed by atoms with Crippen molar-refractivity contribution < 1.29 is 22.5 Å². The number of sulfonamides is 1. The first-order chi connectivity index (χ1) is 13.2. The summed E-state index contributed by atoms with van der Waals surface area (Å²) >= 11 is 0. The smallest absolute Gasteiger partial charge is 0.265 e. The fourth-order valence-electron chi connectivity index (χ4n) is 3.14. The second-order valence-corrected chi connectivity index (χ2v) is 9.14. The van der Waals surface area contributed by atoms with Crippen LogP contribution in [0.3, 0.4) is 0 Å². The molecule has 0 radical (unpaired) electrons. The fraction of sp³-hybridized carbons (Fsp3) is 0.500. The molecule has 9 nitrogen and oxygen atoms in total. The average molecular weight is 406 g/mol. The van der Waals surface area contributed by atoms with Gasteiger partial charge in [0.15, 0.2) is 12.4 Å². The van der Waals surface area contributed by atoms with E-state index >= 15 is 0 Å². The normalized spacial score (nSPS) is 17.0. The quantitative estimate of drug-likeness (QED) is 0.779. The van der Waals surface area contributed by atoms with E-state index in [2.05, 4.69) is 14.9 Å². The number of nitrogens with one attached hydrogen (secondary N) is 1. The van der Waals surface area contributed by atoms with Gasteiger partial charge in [0.25, 0.3) is 5.91 Å². The molecule has 0 bridgehead atoms. The zero-order valence-electron chi connectivity index (χ0n) is 15.9. The van der Waals surface area contributed by atoms with Crippen molar-refractivity contribution in [1.82, 2.24) is 14.9 Å². The van der Waals surface area contributed by atoms with E-state index in [4.69, 9.17) is 9.26 Å². The molecule has 1 saturated carbocycles. The molecule has 1 fully saturated rings. The molecule has 1 aliphatic heterocycles. The van der Waals surface area contributed by atoms with Gasteiger partial charge in [-0.05, 0) is 45.2 Å². The Balaban J connectivity index is 1.66. The minimum absolute atomic E-state index is 0.129. The first-order valence-corrected chi connectivity index (χ1v) is 10.7. The maximum Gasteiger partial charge on any atom is 0.265 e. The molecule has 0 unspecified atom stereocenters. The summed E-state index contributed by atoms with van der Waals surface area (Å²) in [6.45, 7) is 5.15. The number of aromatic nitrogens is 2. The summed E-state index contributed by atoms with van der Waals surface area (Å²) in [4.78, 5) is 18.4. The van der Waals surface area contributed by atoms with Gasteiger partial charge in [0.05, 0.1) is 17.1 Å². The lowest BCUT2D eigenvalue weighted by molar-refractivity contribution is -0.121. The molecular formula is C18H22N4O5S. The van der Waals surface area contributed by atoms with Gasteiger partial charge < -0.3 is 9.26 Å². The number of fused-ring (bicyclic) bond motifs is 1. The van der Waals surface area contributed by atoms with Crippen molar-refractivity contribution in [1.29, 1.82) is 0 Å². The molecule has 0 atom stereocenters. The van der Waals surface area contributed by atoms with E-state index in [0.29, 0.717) is 34.6 Å². The minimum atomic E-state index is -3.69. The molecule has 4 rings (SSSR count). The molecule has 1 aromatic carbocycles. The number of hydrogen-bond donors (Lipinski definition) is 1. The maximum absolute atomic E-state index is 12.6. The summed E-state index contributed by atoms with van der Waals surface area (Å²) in [7, 11) is -3.69. The van der Waals surface area contributed by atoms with Crippen molar-refractivity contribution in [2.75, 3.05) is 11.5 Å². The lowest BCUT2D eigenvalue weighted by Crippen LogP contribution is -2.39. The number of aryl methyl sites for hydroxylation is 1. The second-order valence-electron chi connectivity index (χ2n) is 7.45. The van der Waals surface area contributed by atoms with E-state index in [1.165, 1.54) is 11.0 Å². The van der Waals surface area contributed by atoms with Crippen LogP contribution >= 0.6 is 0 Å². The number of ether oxygens (including phenoxy) is 1. The molecule has 2 aliphatic rings. The van der Waals surface area contributed by atoms with Crippen LogP contribution in [0.5, 0.6) is 5.75 Å². The van der Waals surface area contributed by atoms with Crippen LogP contribution in [-0.4, -0.2) is 37.1 Å². The van der Waals surface area contributed by atoms with Crippen LogP contribution in [0.25, 0.3) is 0 Å².